The topological polar surface area (TPSA) is 59.5 Å². The number of halogens is 3. The van der Waals surface area contributed by atoms with Crippen LogP contribution < -0.4 is 5.32 Å². The molecule has 0 spiro atoms. The number of furan rings is 1. The van der Waals surface area contributed by atoms with Crippen molar-refractivity contribution < 1.29 is 22.4 Å². The fourth-order valence-corrected chi connectivity index (χ4v) is 3.06. The predicted octanol–water partition coefficient (Wildman–Crippen LogP) is 4.59. The molecule has 1 N–H and O–H groups in total. The summed E-state index contributed by atoms with van der Waals surface area (Å²) in [6.07, 6.45) is 1.67. The van der Waals surface area contributed by atoms with Crippen molar-refractivity contribution in [1.29, 1.82) is 0 Å². The number of pyridine rings is 1. The van der Waals surface area contributed by atoms with E-state index in [2.05, 4.69) is 10.3 Å². The summed E-state index contributed by atoms with van der Waals surface area (Å²) < 4.78 is 47.0. The van der Waals surface area contributed by atoms with Crippen LogP contribution in [0.2, 0.25) is 0 Å². The van der Waals surface area contributed by atoms with E-state index in [0.29, 0.717) is 28.8 Å². The molecule has 3 aromatic heterocycles. The Labute approximate surface area is 163 Å². The molecule has 0 radical (unpaired) electrons. The molecule has 0 aliphatic heterocycles. The fraction of sp³-hybridized carbons (Fsp3) is 0.143. The summed E-state index contributed by atoms with van der Waals surface area (Å²) in [6, 6.07) is 11.4. The van der Waals surface area contributed by atoms with Crippen LogP contribution in [0.3, 0.4) is 0 Å². The van der Waals surface area contributed by atoms with Crippen molar-refractivity contribution in [1.82, 2.24) is 14.7 Å². The van der Waals surface area contributed by atoms with Gasteiger partial charge in [-0.2, -0.15) is 13.2 Å². The van der Waals surface area contributed by atoms with E-state index in [1.807, 2.05) is 6.07 Å². The Kier molecular flexibility index (Phi) is 4.84. The lowest BCUT2D eigenvalue weighted by Crippen LogP contribution is -2.25. The average molecular weight is 399 g/mol. The molecule has 0 aliphatic rings. The number of imidazole rings is 1. The van der Waals surface area contributed by atoms with E-state index in [4.69, 9.17) is 4.42 Å². The summed E-state index contributed by atoms with van der Waals surface area (Å²) in [4.78, 5) is 16.2. The number of alkyl halides is 3. The molecular formula is C21H16F3N3O2. The third-order valence-corrected chi connectivity index (χ3v) is 4.46. The molecule has 0 saturated carbocycles. The highest BCUT2D eigenvalue weighted by Gasteiger charge is 2.34. The summed E-state index contributed by atoms with van der Waals surface area (Å²) in [7, 11) is 0. The van der Waals surface area contributed by atoms with Crippen molar-refractivity contribution in [2.24, 2.45) is 0 Å². The lowest BCUT2D eigenvalue weighted by atomic mass is 10.1. The highest BCUT2D eigenvalue weighted by molar-refractivity contribution is 5.94. The van der Waals surface area contributed by atoms with Crippen molar-refractivity contribution in [3.05, 3.63) is 84.2 Å². The van der Waals surface area contributed by atoms with Crippen molar-refractivity contribution in [3.63, 3.8) is 0 Å². The smallest absolute Gasteiger partial charge is 0.420 e. The molecule has 1 amide bonds. The molecule has 29 heavy (non-hydrogen) atoms. The first kappa shape index (κ1) is 18.8. The van der Waals surface area contributed by atoms with Gasteiger partial charge < -0.3 is 14.1 Å². The molecule has 4 aromatic rings. The highest BCUT2D eigenvalue weighted by atomic mass is 19.4. The molecule has 0 fully saturated rings. The summed E-state index contributed by atoms with van der Waals surface area (Å²) in [6.45, 7) is 0.257. The molecule has 0 unspecified atom stereocenters. The third-order valence-electron chi connectivity index (χ3n) is 4.46. The molecule has 0 bridgehead atoms. The normalized spacial score (nSPS) is 11.7. The van der Waals surface area contributed by atoms with Crippen LogP contribution in [0.1, 0.15) is 21.6 Å². The number of hydrogen-bond donors (Lipinski definition) is 1. The average Bonchev–Trinajstić information content (AvgIpc) is 3.36. The lowest BCUT2D eigenvalue weighted by Gasteiger charge is -2.10. The number of nitrogens with zero attached hydrogens (tertiary/aromatic N) is 2. The highest BCUT2D eigenvalue weighted by Crippen LogP contribution is 2.35. The molecular weight excluding hydrogens is 383 g/mol. The largest absolute Gasteiger partial charge is 0.472 e. The molecule has 3 heterocycles. The monoisotopic (exact) mass is 399 g/mol. The maximum atomic E-state index is 13.6. The summed E-state index contributed by atoms with van der Waals surface area (Å²) in [5.74, 6) is -0.243. The quantitative estimate of drug-likeness (QED) is 0.534. The zero-order valence-corrected chi connectivity index (χ0v) is 15.1. The molecule has 4 rings (SSSR count). The van der Waals surface area contributed by atoms with E-state index in [1.54, 1.807) is 42.7 Å². The Morgan fingerprint density at radius 1 is 1.10 bits per heavy atom. The number of carbonyl (C=O) groups is 1. The Morgan fingerprint density at radius 3 is 2.59 bits per heavy atom. The van der Waals surface area contributed by atoms with E-state index >= 15 is 0 Å². The minimum absolute atomic E-state index is 0.172. The maximum absolute atomic E-state index is 13.6. The van der Waals surface area contributed by atoms with Gasteiger partial charge in [-0.1, -0.05) is 18.2 Å². The van der Waals surface area contributed by atoms with Crippen molar-refractivity contribution >= 4 is 11.6 Å². The molecule has 0 aliphatic carbocycles. The van der Waals surface area contributed by atoms with Crippen LogP contribution in [0.5, 0.6) is 0 Å². The second-order valence-electron chi connectivity index (χ2n) is 6.49. The van der Waals surface area contributed by atoms with Crippen LogP contribution in [-0.4, -0.2) is 21.8 Å². The summed E-state index contributed by atoms with van der Waals surface area (Å²) in [5.41, 5.74) is 0.896. The Bertz CT molecular complexity index is 1130. The second-order valence-corrected chi connectivity index (χ2v) is 6.49. The SMILES string of the molecule is O=C(NCCc1cn2cc(-c3ccoc3)cc(C(F)(F)F)c2n1)c1ccccc1. The minimum Gasteiger partial charge on any atom is -0.472 e. The van der Waals surface area contributed by atoms with Crippen LogP contribution >= 0.6 is 0 Å². The van der Waals surface area contributed by atoms with Gasteiger partial charge in [-0.25, -0.2) is 4.98 Å². The lowest BCUT2D eigenvalue weighted by molar-refractivity contribution is -0.136. The Morgan fingerprint density at radius 2 is 1.90 bits per heavy atom. The minimum atomic E-state index is -4.55. The zero-order chi connectivity index (χ0) is 20.4. The van der Waals surface area contributed by atoms with E-state index in [9.17, 15) is 18.0 Å². The third kappa shape index (κ3) is 4.01. The fourth-order valence-electron chi connectivity index (χ4n) is 3.06. The molecule has 5 nitrogen and oxygen atoms in total. The number of aromatic nitrogens is 2. The zero-order valence-electron chi connectivity index (χ0n) is 15.1. The first-order valence-electron chi connectivity index (χ1n) is 8.86. The van der Waals surface area contributed by atoms with Gasteiger partial charge in [-0.05, 0) is 24.3 Å². The molecule has 0 saturated heterocycles. The van der Waals surface area contributed by atoms with Crippen molar-refractivity contribution in [2.45, 2.75) is 12.6 Å². The number of carbonyl (C=O) groups excluding carboxylic acids is 1. The standard InChI is InChI=1S/C21H16F3N3O2/c22-21(23,24)18-10-16(15-7-9-29-13-15)11-27-12-17(26-19(18)27)6-8-25-20(28)14-4-2-1-3-5-14/h1-5,7,9-13H,6,8H2,(H,25,28). The van der Waals surface area contributed by atoms with Gasteiger partial charge >= 0.3 is 6.18 Å². The van der Waals surface area contributed by atoms with E-state index in [-0.39, 0.29) is 18.1 Å². The first-order chi connectivity index (χ1) is 13.9. The molecule has 0 atom stereocenters. The van der Waals surface area contributed by atoms with Gasteiger partial charge in [-0.3, -0.25) is 4.79 Å². The summed E-state index contributed by atoms with van der Waals surface area (Å²) in [5, 5.41) is 2.75. The maximum Gasteiger partial charge on any atom is 0.420 e. The number of rotatable bonds is 5. The van der Waals surface area contributed by atoms with E-state index in [0.717, 1.165) is 6.07 Å². The van der Waals surface area contributed by atoms with Crippen molar-refractivity contribution in [2.75, 3.05) is 6.54 Å². The van der Waals surface area contributed by atoms with Gasteiger partial charge in [0.2, 0.25) is 0 Å². The van der Waals surface area contributed by atoms with Gasteiger partial charge in [-0.15, -0.1) is 0 Å². The molecule has 148 valence electrons. The van der Waals surface area contributed by atoms with Crippen LogP contribution in [0.25, 0.3) is 16.8 Å². The Hall–Kier alpha value is -3.55. The van der Waals surface area contributed by atoms with Gasteiger partial charge in [0.05, 0.1) is 23.8 Å². The van der Waals surface area contributed by atoms with Crippen molar-refractivity contribution in [3.8, 4) is 11.1 Å². The number of nitrogens with one attached hydrogen (secondary N) is 1. The van der Waals surface area contributed by atoms with Gasteiger partial charge in [0, 0.05) is 42.0 Å². The number of benzene rings is 1. The molecule has 8 heteroatoms. The Balaban J connectivity index is 1.57. The summed E-state index contributed by atoms with van der Waals surface area (Å²) >= 11 is 0. The van der Waals surface area contributed by atoms with Crippen LogP contribution in [0.4, 0.5) is 13.2 Å². The molecule has 1 aromatic carbocycles. The predicted molar refractivity (Wildman–Crippen MR) is 100 cm³/mol. The van der Waals surface area contributed by atoms with E-state index in [1.165, 1.54) is 16.9 Å². The number of fused-ring (bicyclic) bond motifs is 1. The van der Waals surface area contributed by atoms with Crippen LogP contribution in [0, 0.1) is 0 Å². The van der Waals surface area contributed by atoms with Gasteiger partial charge in [0.1, 0.15) is 5.65 Å². The second kappa shape index (κ2) is 7.46. The van der Waals surface area contributed by atoms with Crippen LogP contribution in [-0.2, 0) is 12.6 Å². The number of hydrogen-bond acceptors (Lipinski definition) is 3. The number of amides is 1. The van der Waals surface area contributed by atoms with Crippen LogP contribution in [0.15, 0.2) is 71.8 Å². The van der Waals surface area contributed by atoms with Gasteiger partial charge in [0.15, 0.2) is 0 Å². The van der Waals surface area contributed by atoms with Gasteiger partial charge in [0.25, 0.3) is 5.91 Å². The van der Waals surface area contributed by atoms with E-state index < -0.39 is 11.7 Å². The first-order valence-corrected chi connectivity index (χ1v) is 8.86.